The Bertz CT molecular complexity index is 840. The highest BCUT2D eigenvalue weighted by atomic mass is 32.1. The van der Waals surface area contributed by atoms with Crippen molar-refractivity contribution in [3.8, 4) is 0 Å². The van der Waals surface area contributed by atoms with Gasteiger partial charge in [-0.3, -0.25) is 4.79 Å². The van der Waals surface area contributed by atoms with Gasteiger partial charge in [-0.05, 0) is 47.7 Å². The minimum atomic E-state index is -0.227. The number of hydrogen-bond donors (Lipinski definition) is 0. The topological polar surface area (TPSA) is 25.2 Å². The van der Waals surface area contributed by atoms with Gasteiger partial charge in [-0.1, -0.05) is 38.0 Å². The second kappa shape index (κ2) is 9.51. The summed E-state index contributed by atoms with van der Waals surface area (Å²) in [6.45, 7) is 4.17. The lowest BCUT2D eigenvalue weighted by atomic mass is 10.2. The van der Waals surface area contributed by atoms with Crippen molar-refractivity contribution in [2.24, 2.45) is 0 Å². The van der Waals surface area contributed by atoms with Gasteiger partial charge in [-0.25, -0.2) is 4.39 Å². The minimum Gasteiger partial charge on any atom is -0.345 e. The van der Waals surface area contributed by atoms with E-state index in [0.717, 1.165) is 41.9 Å². The first-order valence-electron chi connectivity index (χ1n) is 9.38. The van der Waals surface area contributed by atoms with E-state index >= 15 is 0 Å². The number of carbonyl (C=O) groups is 1. The lowest BCUT2D eigenvalue weighted by Gasteiger charge is -2.23. The second-order valence-electron chi connectivity index (χ2n) is 6.67. The first-order valence-corrected chi connectivity index (χ1v) is 10.3. The summed E-state index contributed by atoms with van der Waals surface area (Å²) in [7, 11) is 0. The first kappa shape index (κ1) is 19.4. The molecule has 0 saturated carbocycles. The Balaban J connectivity index is 1.74. The highest BCUT2D eigenvalue weighted by molar-refractivity contribution is 7.12. The van der Waals surface area contributed by atoms with Crippen LogP contribution in [0.4, 0.5) is 4.39 Å². The van der Waals surface area contributed by atoms with Crippen LogP contribution < -0.4 is 0 Å². The molecule has 0 atom stereocenters. The third-order valence-electron chi connectivity index (χ3n) is 4.59. The van der Waals surface area contributed by atoms with Crippen LogP contribution >= 0.6 is 11.3 Å². The van der Waals surface area contributed by atoms with Crippen LogP contribution in [0.1, 0.15) is 47.1 Å². The summed E-state index contributed by atoms with van der Waals surface area (Å²) in [5.41, 5.74) is 2.12. The summed E-state index contributed by atoms with van der Waals surface area (Å²) >= 11 is 1.49. The molecule has 0 N–H and O–H groups in total. The number of nitrogens with zero attached hydrogens (tertiary/aromatic N) is 2. The van der Waals surface area contributed by atoms with Crippen molar-refractivity contribution in [3.63, 3.8) is 0 Å². The predicted molar refractivity (Wildman–Crippen MR) is 109 cm³/mol. The lowest BCUT2D eigenvalue weighted by Crippen LogP contribution is -2.32. The zero-order valence-electron chi connectivity index (χ0n) is 15.6. The van der Waals surface area contributed by atoms with Crippen LogP contribution in [-0.4, -0.2) is 21.9 Å². The monoisotopic (exact) mass is 384 g/mol. The molecule has 3 rings (SSSR count). The van der Waals surface area contributed by atoms with Crippen LogP contribution in [0.3, 0.4) is 0 Å². The maximum Gasteiger partial charge on any atom is 0.264 e. The molecule has 0 bridgehead atoms. The van der Waals surface area contributed by atoms with Gasteiger partial charge in [0, 0.05) is 25.0 Å². The van der Waals surface area contributed by atoms with E-state index in [0.29, 0.717) is 13.1 Å². The Morgan fingerprint density at radius 3 is 2.63 bits per heavy atom. The van der Waals surface area contributed by atoms with Crippen LogP contribution in [0.5, 0.6) is 0 Å². The number of aromatic nitrogens is 1. The smallest absolute Gasteiger partial charge is 0.264 e. The number of halogens is 1. The molecule has 0 unspecified atom stereocenters. The quantitative estimate of drug-likeness (QED) is 0.443. The van der Waals surface area contributed by atoms with E-state index in [9.17, 15) is 9.18 Å². The van der Waals surface area contributed by atoms with Crippen molar-refractivity contribution < 1.29 is 9.18 Å². The van der Waals surface area contributed by atoms with Gasteiger partial charge in [0.1, 0.15) is 5.82 Å². The molecule has 2 heterocycles. The molecule has 3 nitrogen and oxygen atoms in total. The molecule has 0 spiro atoms. The molecule has 1 amide bonds. The summed E-state index contributed by atoms with van der Waals surface area (Å²) in [5.74, 6) is -0.134. The molecule has 2 aromatic heterocycles. The van der Waals surface area contributed by atoms with E-state index in [-0.39, 0.29) is 11.7 Å². The van der Waals surface area contributed by atoms with Crippen LogP contribution in [-0.2, 0) is 13.1 Å². The van der Waals surface area contributed by atoms with E-state index in [1.807, 2.05) is 34.7 Å². The number of unbranched alkanes of at least 4 members (excludes halogenated alkanes) is 2. The number of carbonyl (C=O) groups excluding carboxylic acids is 1. The molecule has 0 radical (unpaired) electrons. The van der Waals surface area contributed by atoms with E-state index in [4.69, 9.17) is 0 Å². The average molecular weight is 385 g/mol. The van der Waals surface area contributed by atoms with Gasteiger partial charge in [0.15, 0.2) is 0 Å². The lowest BCUT2D eigenvalue weighted by molar-refractivity contribution is 0.0741. The van der Waals surface area contributed by atoms with E-state index in [2.05, 4.69) is 17.6 Å². The Morgan fingerprint density at radius 1 is 1.11 bits per heavy atom. The number of rotatable bonds is 9. The van der Waals surface area contributed by atoms with Crippen molar-refractivity contribution in [1.82, 2.24) is 9.47 Å². The normalized spacial score (nSPS) is 10.9. The van der Waals surface area contributed by atoms with Crippen LogP contribution in [0.15, 0.2) is 60.1 Å². The molecule has 5 heteroatoms. The molecule has 0 aliphatic rings. The Hall–Kier alpha value is -2.40. The Kier molecular flexibility index (Phi) is 6.82. The number of amides is 1. The Morgan fingerprint density at radius 2 is 1.93 bits per heavy atom. The van der Waals surface area contributed by atoms with Gasteiger partial charge in [0.25, 0.3) is 5.91 Å². The van der Waals surface area contributed by atoms with Crippen molar-refractivity contribution in [2.75, 3.05) is 6.54 Å². The van der Waals surface area contributed by atoms with Crippen LogP contribution in [0.2, 0.25) is 0 Å². The first-order chi connectivity index (χ1) is 13.2. The fourth-order valence-corrected chi connectivity index (χ4v) is 3.78. The SMILES string of the molecule is CCCCCN(Cc1cccn1Cc1ccc(F)cc1)C(=O)c1cccs1. The van der Waals surface area contributed by atoms with Gasteiger partial charge in [-0.2, -0.15) is 0 Å². The third-order valence-corrected chi connectivity index (χ3v) is 5.45. The maximum absolute atomic E-state index is 13.1. The summed E-state index contributed by atoms with van der Waals surface area (Å²) in [6, 6.07) is 14.4. The predicted octanol–water partition coefficient (Wildman–Crippen LogP) is 5.57. The van der Waals surface area contributed by atoms with E-state index in [1.165, 1.54) is 23.5 Å². The van der Waals surface area contributed by atoms with Crippen molar-refractivity contribution in [3.05, 3.63) is 82.1 Å². The Labute approximate surface area is 164 Å². The summed E-state index contributed by atoms with van der Waals surface area (Å²) in [5, 5.41) is 1.94. The molecular formula is C22H25FN2OS. The summed E-state index contributed by atoms with van der Waals surface area (Å²) < 4.78 is 15.3. The maximum atomic E-state index is 13.1. The van der Waals surface area contributed by atoms with Gasteiger partial charge in [0.05, 0.1) is 11.4 Å². The molecular weight excluding hydrogens is 359 g/mol. The molecule has 0 saturated heterocycles. The van der Waals surface area contributed by atoms with Gasteiger partial charge < -0.3 is 9.47 Å². The molecule has 27 heavy (non-hydrogen) atoms. The fourth-order valence-electron chi connectivity index (χ4n) is 3.09. The summed E-state index contributed by atoms with van der Waals surface area (Å²) in [6.07, 6.45) is 5.26. The van der Waals surface area contributed by atoms with E-state index < -0.39 is 0 Å². The fraction of sp³-hybridized carbons (Fsp3) is 0.318. The van der Waals surface area contributed by atoms with Crippen molar-refractivity contribution in [2.45, 2.75) is 39.3 Å². The molecule has 0 aliphatic carbocycles. The van der Waals surface area contributed by atoms with Crippen LogP contribution in [0.25, 0.3) is 0 Å². The average Bonchev–Trinajstić information content (AvgIpc) is 3.35. The zero-order chi connectivity index (χ0) is 19.1. The molecule has 3 aromatic rings. The van der Waals surface area contributed by atoms with E-state index in [1.54, 1.807) is 12.1 Å². The number of benzene rings is 1. The minimum absolute atomic E-state index is 0.0932. The van der Waals surface area contributed by atoms with Crippen LogP contribution in [0, 0.1) is 5.82 Å². The van der Waals surface area contributed by atoms with Gasteiger partial charge in [0.2, 0.25) is 0 Å². The number of thiophene rings is 1. The standard InChI is InChI=1S/C22H25FN2OS/c1-2-3-4-13-25(22(26)21-8-6-15-27-21)17-20-7-5-14-24(20)16-18-9-11-19(23)12-10-18/h5-12,14-15H,2-4,13,16-17H2,1H3. The highest BCUT2D eigenvalue weighted by Crippen LogP contribution is 2.17. The molecule has 0 aliphatic heterocycles. The molecule has 1 aromatic carbocycles. The summed E-state index contributed by atoms with van der Waals surface area (Å²) in [4.78, 5) is 15.6. The van der Waals surface area contributed by atoms with Crippen molar-refractivity contribution in [1.29, 1.82) is 0 Å². The number of hydrogen-bond acceptors (Lipinski definition) is 2. The molecule has 142 valence electrons. The zero-order valence-corrected chi connectivity index (χ0v) is 16.4. The van der Waals surface area contributed by atoms with Crippen molar-refractivity contribution >= 4 is 17.2 Å². The highest BCUT2D eigenvalue weighted by Gasteiger charge is 2.18. The van der Waals surface area contributed by atoms with Gasteiger partial charge >= 0.3 is 0 Å². The molecule has 0 fully saturated rings. The third kappa shape index (κ3) is 5.30. The second-order valence-corrected chi connectivity index (χ2v) is 7.61. The van der Waals surface area contributed by atoms with Gasteiger partial charge in [-0.15, -0.1) is 11.3 Å². The largest absolute Gasteiger partial charge is 0.345 e.